The second-order valence-electron chi connectivity index (χ2n) is 14.0. The minimum absolute atomic E-state index is 0.849. The molecule has 3 heteroatoms. The van der Waals surface area contributed by atoms with Gasteiger partial charge in [0.25, 0.3) is 0 Å². The average Bonchev–Trinajstić information content (AvgIpc) is 3.83. The van der Waals surface area contributed by atoms with E-state index in [2.05, 4.69) is 181 Å². The van der Waals surface area contributed by atoms with E-state index in [-0.39, 0.29) is 0 Å². The van der Waals surface area contributed by atoms with E-state index in [9.17, 15) is 0 Å². The first-order valence-corrected chi connectivity index (χ1v) is 18.7. The summed E-state index contributed by atoms with van der Waals surface area (Å²) in [6, 6.07) is 70.9. The van der Waals surface area contributed by atoms with Crippen LogP contribution in [0, 0.1) is 0 Å². The standard InChI is InChI=1S/C52H33NO2/c1-2-17-39-35(13-1)14-10-21-40(39)37-16-9-15-36(33-37)34-29-31-38(32-30-34)53(47-25-12-28-50-51(47)45-20-5-8-27-49(45)54-50)46-24-6-3-18-41(46)43-22-11-23-44-42-19-4-7-26-48(42)55-52(43)44/h1-33H. The van der Waals surface area contributed by atoms with E-state index in [0.717, 1.165) is 77.6 Å². The first-order valence-electron chi connectivity index (χ1n) is 18.7. The molecule has 11 aromatic rings. The summed E-state index contributed by atoms with van der Waals surface area (Å²) >= 11 is 0. The van der Waals surface area contributed by atoms with Crippen LogP contribution in [0.5, 0.6) is 0 Å². The van der Waals surface area contributed by atoms with Crippen molar-refractivity contribution in [3.63, 3.8) is 0 Å². The highest BCUT2D eigenvalue weighted by atomic mass is 16.3. The summed E-state index contributed by atoms with van der Waals surface area (Å²) < 4.78 is 13.0. The minimum Gasteiger partial charge on any atom is -0.456 e. The molecule has 11 rings (SSSR count). The van der Waals surface area contributed by atoms with E-state index < -0.39 is 0 Å². The lowest BCUT2D eigenvalue weighted by atomic mass is 9.95. The summed E-state index contributed by atoms with van der Waals surface area (Å²) in [6.45, 7) is 0. The summed E-state index contributed by atoms with van der Waals surface area (Å²) in [5.74, 6) is 0. The second-order valence-corrected chi connectivity index (χ2v) is 14.0. The van der Waals surface area contributed by atoms with Gasteiger partial charge in [-0.1, -0.05) is 152 Å². The maximum Gasteiger partial charge on any atom is 0.143 e. The summed E-state index contributed by atoms with van der Waals surface area (Å²) in [5, 5.41) is 6.87. The quantitative estimate of drug-likeness (QED) is 0.173. The predicted octanol–water partition coefficient (Wildman–Crippen LogP) is 15.1. The Hall–Kier alpha value is -7.36. The van der Waals surface area contributed by atoms with Crippen LogP contribution in [0.3, 0.4) is 0 Å². The normalized spacial score (nSPS) is 11.6. The van der Waals surface area contributed by atoms with E-state index >= 15 is 0 Å². The highest BCUT2D eigenvalue weighted by Crippen LogP contribution is 2.47. The Morgan fingerprint density at radius 3 is 1.80 bits per heavy atom. The number of rotatable bonds is 6. The third kappa shape index (κ3) is 5.13. The number of para-hydroxylation sites is 4. The van der Waals surface area contributed by atoms with Crippen molar-refractivity contribution in [3.05, 3.63) is 200 Å². The van der Waals surface area contributed by atoms with Crippen LogP contribution in [0.4, 0.5) is 17.1 Å². The number of hydrogen-bond acceptors (Lipinski definition) is 3. The zero-order valence-electron chi connectivity index (χ0n) is 29.8. The van der Waals surface area contributed by atoms with Crippen LogP contribution in [-0.4, -0.2) is 0 Å². The molecule has 0 atom stereocenters. The number of furan rings is 2. The molecule has 0 aliphatic rings. The maximum absolute atomic E-state index is 6.60. The fraction of sp³-hybridized carbons (Fsp3) is 0. The van der Waals surface area contributed by atoms with Crippen LogP contribution < -0.4 is 4.90 Å². The molecule has 0 aliphatic heterocycles. The fourth-order valence-corrected chi connectivity index (χ4v) is 8.35. The van der Waals surface area contributed by atoms with Crippen molar-refractivity contribution in [2.75, 3.05) is 4.90 Å². The molecule has 2 aromatic heterocycles. The van der Waals surface area contributed by atoms with Gasteiger partial charge in [0.2, 0.25) is 0 Å². The Morgan fingerprint density at radius 2 is 0.909 bits per heavy atom. The third-order valence-electron chi connectivity index (χ3n) is 10.9. The molecule has 2 heterocycles. The lowest BCUT2D eigenvalue weighted by Crippen LogP contribution is -2.11. The maximum atomic E-state index is 6.60. The van der Waals surface area contributed by atoms with Crippen LogP contribution in [0.25, 0.3) is 88.0 Å². The SMILES string of the molecule is c1cc(-c2ccc(N(c3ccccc3-c3cccc4c3oc3ccccc34)c3cccc4oc5ccccc5c34)cc2)cc(-c2cccc3ccccc23)c1. The van der Waals surface area contributed by atoms with Gasteiger partial charge in [-0.3, -0.25) is 0 Å². The van der Waals surface area contributed by atoms with Crippen molar-refractivity contribution < 1.29 is 8.83 Å². The second kappa shape index (κ2) is 12.6. The van der Waals surface area contributed by atoms with Crippen molar-refractivity contribution in [2.24, 2.45) is 0 Å². The molecule has 0 N–H and O–H groups in total. The van der Waals surface area contributed by atoms with Gasteiger partial charge in [-0.25, -0.2) is 0 Å². The van der Waals surface area contributed by atoms with Crippen LogP contribution >= 0.6 is 0 Å². The van der Waals surface area contributed by atoms with Gasteiger partial charge < -0.3 is 13.7 Å². The summed E-state index contributed by atoms with van der Waals surface area (Å²) in [6.07, 6.45) is 0. The van der Waals surface area contributed by atoms with Crippen molar-refractivity contribution in [1.29, 1.82) is 0 Å². The zero-order valence-corrected chi connectivity index (χ0v) is 29.8. The Kier molecular flexibility index (Phi) is 7.17. The molecule has 0 aliphatic carbocycles. The Labute approximate surface area is 317 Å². The molecule has 3 nitrogen and oxygen atoms in total. The van der Waals surface area contributed by atoms with E-state index in [0.29, 0.717) is 0 Å². The number of hydrogen-bond donors (Lipinski definition) is 0. The molecule has 9 aromatic carbocycles. The first-order chi connectivity index (χ1) is 27.3. The third-order valence-corrected chi connectivity index (χ3v) is 10.9. The summed E-state index contributed by atoms with van der Waals surface area (Å²) in [4.78, 5) is 2.37. The topological polar surface area (TPSA) is 29.5 Å². The lowest BCUT2D eigenvalue weighted by Gasteiger charge is -2.28. The van der Waals surface area contributed by atoms with Crippen LogP contribution in [-0.2, 0) is 0 Å². The number of anilines is 3. The van der Waals surface area contributed by atoms with E-state index in [1.54, 1.807) is 0 Å². The number of nitrogens with zero attached hydrogens (tertiary/aromatic N) is 1. The van der Waals surface area contributed by atoms with E-state index in [1.165, 1.54) is 27.5 Å². The van der Waals surface area contributed by atoms with Gasteiger partial charge in [-0.15, -0.1) is 0 Å². The Bertz CT molecular complexity index is 3220. The zero-order chi connectivity index (χ0) is 36.3. The average molecular weight is 704 g/mol. The molecule has 0 amide bonds. The molecule has 0 radical (unpaired) electrons. The fourth-order valence-electron chi connectivity index (χ4n) is 8.35. The number of benzene rings is 9. The van der Waals surface area contributed by atoms with E-state index in [4.69, 9.17) is 8.83 Å². The minimum atomic E-state index is 0.849. The molecule has 0 unspecified atom stereocenters. The van der Waals surface area contributed by atoms with Crippen molar-refractivity contribution >= 4 is 71.7 Å². The van der Waals surface area contributed by atoms with Gasteiger partial charge in [0.05, 0.1) is 16.8 Å². The molecular weight excluding hydrogens is 671 g/mol. The Morgan fingerprint density at radius 1 is 0.327 bits per heavy atom. The smallest absolute Gasteiger partial charge is 0.143 e. The van der Waals surface area contributed by atoms with Gasteiger partial charge in [0, 0.05) is 33.0 Å². The molecule has 0 bridgehead atoms. The lowest BCUT2D eigenvalue weighted by molar-refractivity contribution is 0.669. The van der Waals surface area contributed by atoms with Crippen molar-refractivity contribution in [1.82, 2.24) is 0 Å². The van der Waals surface area contributed by atoms with E-state index in [1.807, 2.05) is 24.3 Å². The van der Waals surface area contributed by atoms with Gasteiger partial charge in [0.15, 0.2) is 0 Å². The van der Waals surface area contributed by atoms with Crippen molar-refractivity contribution in [2.45, 2.75) is 0 Å². The first kappa shape index (κ1) is 31.2. The van der Waals surface area contributed by atoms with Gasteiger partial charge in [-0.2, -0.15) is 0 Å². The molecule has 0 saturated heterocycles. The van der Waals surface area contributed by atoms with Gasteiger partial charge in [-0.05, 0) is 81.6 Å². The summed E-state index contributed by atoms with van der Waals surface area (Å²) in [5.41, 5.74) is 13.5. The highest BCUT2D eigenvalue weighted by molar-refractivity contribution is 6.15. The highest BCUT2D eigenvalue weighted by Gasteiger charge is 2.23. The van der Waals surface area contributed by atoms with Crippen LogP contribution in [0.1, 0.15) is 0 Å². The molecule has 55 heavy (non-hydrogen) atoms. The van der Waals surface area contributed by atoms with Crippen LogP contribution in [0.15, 0.2) is 209 Å². The molecule has 0 saturated carbocycles. The molecule has 0 spiro atoms. The monoisotopic (exact) mass is 703 g/mol. The van der Waals surface area contributed by atoms with Gasteiger partial charge >= 0.3 is 0 Å². The number of fused-ring (bicyclic) bond motifs is 7. The molecule has 258 valence electrons. The largest absolute Gasteiger partial charge is 0.456 e. The summed E-state index contributed by atoms with van der Waals surface area (Å²) in [7, 11) is 0. The predicted molar refractivity (Wildman–Crippen MR) is 229 cm³/mol. The van der Waals surface area contributed by atoms with Gasteiger partial charge in [0.1, 0.15) is 22.3 Å². The molecule has 0 fully saturated rings. The molecular formula is C52H33NO2. The van der Waals surface area contributed by atoms with Crippen molar-refractivity contribution in [3.8, 4) is 33.4 Å². The van der Waals surface area contributed by atoms with Crippen LogP contribution in [0.2, 0.25) is 0 Å². The Balaban J connectivity index is 1.09.